The summed E-state index contributed by atoms with van der Waals surface area (Å²) >= 11 is 5.41. The summed E-state index contributed by atoms with van der Waals surface area (Å²) in [6.07, 6.45) is 0. The molecule has 0 bridgehead atoms. The van der Waals surface area contributed by atoms with E-state index in [4.69, 9.17) is 23.1 Å². The second-order valence-electron chi connectivity index (χ2n) is 2.22. The fraction of sp³-hybridized carbons (Fsp3) is 1.00. The van der Waals surface area contributed by atoms with Crippen molar-refractivity contribution in [2.75, 3.05) is 0 Å². The van der Waals surface area contributed by atoms with Crippen molar-refractivity contribution in [3.05, 3.63) is 0 Å². The molecule has 0 heterocycles. The van der Waals surface area contributed by atoms with E-state index in [1.807, 2.05) is 0 Å². The Morgan fingerprint density at radius 2 is 1.62 bits per heavy atom. The van der Waals surface area contributed by atoms with Gasteiger partial charge < -0.3 is 11.5 Å². The molecule has 0 aliphatic carbocycles. The largest absolute Gasteiger partial charge is 0.323 e. The first-order valence-electron chi connectivity index (χ1n) is 2.13. The van der Waals surface area contributed by atoms with E-state index in [0.717, 1.165) is 0 Å². The molecule has 4 heteroatoms. The van der Waals surface area contributed by atoms with Gasteiger partial charge in [0, 0.05) is 25.0 Å². The van der Waals surface area contributed by atoms with Gasteiger partial charge in [0.05, 0.1) is 5.50 Å². The molecule has 0 saturated carbocycles. The van der Waals surface area contributed by atoms with Gasteiger partial charge in [-0.2, -0.15) is 0 Å². The molecule has 1 unspecified atom stereocenters. The quantitative estimate of drug-likeness (QED) is 0.352. The van der Waals surface area contributed by atoms with Crippen LogP contribution in [0.25, 0.3) is 0 Å². The minimum atomic E-state index is -0.457. The van der Waals surface area contributed by atoms with E-state index < -0.39 is 11.0 Å². The molecule has 0 saturated heterocycles. The maximum absolute atomic E-state index is 5.42. The summed E-state index contributed by atoms with van der Waals surface area (Å²) in [4.78, 5) is 0. The summed E-state index contributed by atoms with van der Waals surface area (Å²) in [7, 11) is 0. The Morgan fingerprint density at radius 1 is 1.50 bits per heavy atom. The number of hydrogen-bond acceptors (Lipinski definition) is 2. The molecule has 0 aromatic carbocycles. The molecular formula is C4H11ClN2Zn. The summed E-state index contributed by atoms with van der Waals surface area (Å²) in [5.74, 6) is 0. The van der Waals surface area contributed by atoms with Gasteiger partial charge in [0.2, 0.25) is 0 Å². The molecule has 46 valence electrons. The van der Waals surface area contributed by atoms with E-state index in [1.165, 1.54) is 0 Å². The van der Waals surface area contributed by atoms with Crippen molar-refractivity contribution in [3.63, 3.8) is 0 Å². The fourth-order valence-corrected chi connectivity index (χ4v) is 0. The molecule has 0 fully saturated rings. The SMILES string of the molecule is CC(C)(N)C(N)Cl.[Zn]. The van der Waals surface area contributed by atoms with Gasteiger partial charge in [-0.3, -0.25) is 0 Å². The Morgan fingerprint density at radius 3 is 1.62 bits per heavy atom. The van der Waals surface area contributed by atoms with E-state index in [0.29, 0.717) is 0 Å². The summed E-state index contributed by atoms with van der Waals surface area (Å²) < 4.78 is 0. The van der Waals surface area contributed by atoms with Gasteiger partial charge in [-0.1, -0.05) is 0 Å². The Hall–Kier alpha value is 0.833. The van der Waals surface area contributed by atoms with Crippen LogP contribution >= 0.6 is 11.6 Å². The van der Waals surface area contributed by atoms with E-state index in [2.05, 4.69) is 0 Å². The van der Waals surface area contributed by atoms with Crippen LogP contribution in [-0.4, -0.2) is 11.0 Å². The number of alkyl halides is 1. The second kappa shape index (κ2) is 3.78. The van der Waals surface area contributed by atoms with Crippen molar-refractivity contribution in [1.29, 1.82) is 0 Å². The van der Waals surface area contributed by atoms with Crippen LogP contribution in [0.1, 0.15) is 13.8 Å². The molecule has 0 aliphatic heterocycles. The predicted octanol–water partition coefficient (Wildman–Crippen LogP) is 0.245. The number of rotatable bonds is 1. The molecule has 0 spiro atoms. The van der Waals surface area contributed by atoms with Crippen molar-refractivity contribution < 1.29 is 19.5 Å². The van der Waals surface area contributed by atoms with Crippen molar-refractivity contribution in [2.45, 2.75) is 24.9 Å². The first kappa shape index (κ1) is 11.6. The van der Waals surface area contributed by atoms with Crippen molar-refractivity contribution in [3.8, 4) is 0 Å². The zero-order valence-electron chi connectivity index (χ0n) is 5.32. The molecule has 0 rings (SSSR count). The van der Waals surface area contributed by atoms with Crippen molar-refractivity contribution in [1.82, 2.24) is 0 Å². The van der Waals surface area contributed by atoms with Crippen LogP contribution in [-0.2, 0) is 19.5 Å². The average molecular weight is 188 g/mol. The van der Waals surface area contributed by atoms with Gasteiger partial charge in [0.25, 0.3) is 0 Å². The Balaban J connectivity index is 0. The third-order valence-corrected chi connectivity index (χ3v) is 1.27. The third kappa shape index (κ3) is 4.98. The minimum Gasteiger partial charge on any atom is -0.323 e. The normalized spacial score (nSPS) is 14.6. The number of nitrogens with two attached hydrogens (primary N) is 2. The zero-order chi connectivity index (χ0) is 6.08. The summed E-state index contributed by atoms with van der Waals surface area (Å²) in [6.45, 7) is 3.56. The monoisotopic (exact) mass is 186 g/mol. The molecular weight excluding hydrogens is 177 g/mol. The molecule has 0 aliphatic rings. The molecule has 8 heavy (non-hydrogen) atoms. The van der Waals surface area contributed by atoms with E-state index in [9.17, 15) is 0 Å². The topological polar surface area (TPSA) is 52.0 Å². The molecule has 2 nitrogen and oxygen atoms in total. The van der Waals surface area contributed by atoms with Crippen LogP contribution < -0.4 is 11.5 Å². The first-order valence-corrected chi connectivity index (χ1v) is 2.57. The van der Waals surface area contributed by atoms with E-state index >= 15 is 0 Å². The van der Waals surface area contributed by atoms with Crippen LogP contribution in [0.5, 0.6) is 0 Å². The molecule has 0 radical (unpaired) electrons. The van der Waals surface area contributed by atoms with Crippen molar-refractivity contribution in [2.24, 2.45) is 11.5 Å². The standard InChI is InChI=1S/C4H11ClN2.Zn/c1-4(2,7)3(5)6;/h3H,6-7H2,1-2H3;. The number of halogens is 1. The van der Waals surface area contributed by atoms with Crippen LogP contribution in [0, 0.1) is 0 Å². The molecule has 0 aromatic rings. The Kier molecular flexibility index (Phi) is 5.49. The maximum atomic E-state index is 5.42. The first-order chi connectivity index (χ1) is 2.94. The van der Waals surface area contributed by atoms with Crippen LogP contribution in [0.2, 0.25) is 0 Å². The van der Waals surface area contributed by atoms with Crippen LogP contribution in [0.3, 0.4) is 0 Å². The molecule has 0 aromatic heterocycles. The molecule has 4 N–H and O–H groups in total. The average Bonchev–Trinajstić information content (AvgIpc) is 1.31. The second-order valence-corrected chi connectivity index (χ2v) is 2.69. The van der Waals surface area contributed by atoms with Gasteiger partial charge >= 0.3 is 0 Å². The zero-order valence-corrected chi connectivity index (χ0v) is 9.04. The molecule has 1 atom stereocenters. The minimum absolute atomic E-state index is 0. The van der Waals surface area contributed by atoms with Gasteiger partial charge in [-0.05, 0) is 13.8 Å². The summed E-state index contributed by atoms with van der Waals surface area (Å²) in [6, 6.07) is 0. The van der Waals surface area contributed by atoms with Crippen LogP contribution in [0.15, 0.2) is 0 Å². The summed E-state index contributed by atoms with van der Waals surface area (Å²) in [5.41, 5.74) is 9.72. The Bertz CT molecular complexity index is 59.5. The van der Waals surface area contributed by atoms with E-state index in [-0.39, 0.29) is 19.5 Å². The van der Waals surface area contributed by atoms with Gasteiger partial charge in [0.15, 0.2) is 0 Å². The van der Waals surface area contributed by atoms with Gasteiger partial charge in [0.1, 0.15) is 0 Å². The van der Waals surface area contributed by atoms with Gasteiger partial charge in [-0.25, -0.2) is 0 Å². The third-order valence-electron chi connectivity index (χ3n) is 0.711. The maximum Gasteiger partial charge on any atom is 0.0977 e. The van der Waals surface area contributed by atoms with Crippen LogP contribution in [0.4, 0.5) is 0 Å². The van der Waals surface area contributed by atoms with Crippen molar-refractivity contribution >= 4 is 11.6 Å². The summed E-state index contributed by atoms with van der Waals surface area (Å²) in [5, 5.41) is 0. The number of hydrogen-bond donors (Lipinski definition) is 2. The Labute approximate surface area is 67.7 Å². The van der Waals surface area contributed by atoms with E-state index in [1.54, 1.807) is 13.8 Å². The predicted molar refractivity (Wildman–Crippen MR) is 32.1 cm³/mol. The van der Waals surface area contributed by atoms with Gasteiger partial charge in [-0.15, -0.1) is 11.6 Å². The smallest absolute Gasteiger partial charge is 0.0977 e. The molecule has 0 amide bonds. The fourth-order valence-electron chi connectivity index (χ4n) is 0.